The average Bonchev–Trinajstić information content (AvgIpc) is 2.69. The Balaban J connectivity index is 1.69. The van der Waals surface area contributed by atoms with Gasteiger partial charge in [-0.3, -0.25) is 4.79 Å². The van der Waals surface area contributed by atoms with Crippen molar-refractivity contribution < 1.29 is 14.1 Å². The summed E-state index contributed by atoms with van der Waals surface area (Å²) in [7, 11) is 1.56. The van der Waals surface area contributed by atoms with Crippen LogP contribution >= 0.6 is 11.6 Å². The van der Waals surface area contributed by atoms with Crippen molar-refractivity contribution in [2.75, 3.05) is 12.4 Å². The number of benzene rings is 2. The van der Waals surface area contributed by atoms with Gasteiger partial charge in [-0.1, -0.05) is 41.9 Å². The van der Waals surface area contributed by atoms with Gasteiger partial charge < -0.3 is 10.1 Å². The van der Waals surface area contributed by atoms with E-state index in [0.29, 0.717) is 16.5 Å². The maximum atomic E-state index is 12.6. The summed E-state index contributed by atoms with van der Waals surface area (Å²) < 4.78 is 7.15. The number of nitrogens with zero attached hydrogens (tertiary/aromatic N) is 1. The van der Waals surface area contributed by atoms with E-state index in [-0.39, 0.29) is 11.9 Å². The Kier molecular flexibility index (Phi) is 6.09. The number of anilines is 1. The summed E-state index contributed by atoms with van der Waals surface area (Å²) in [6, 6.07) is 19.1. The minimum absolute atomic E-state index is 0.142. The summed E-state index contributed by atoms with van der Waals surface area (Å²) in [6.45, 7) is 1.85. The number of amides is 1. The number of rotatable bonds is 6. The zero-order valence-electron chi connectivity index (χ0n) is 15.4. The predicted octanol–water partition coefficient (Wildman–Crippen LogP) is 4.43. The first-order chi connectivity index (χ1) is 13.1. The lowest BCUT2D eigenvalue weighted by Crippen LogP contribution is -2.44. The minimum atomic E-state index is -0.375. The lowest BCUT2D eigenvalue weighted by atomic mass is 10.1. The van der Waals surface area contributed by atoms with Crippen molar-refractivity contribution in [3.63, 3.8) is 0 Å². The SMILES string of the molecule is COc1ccc(Cl)cc1NC(=O)[C@H](C)[n+]1ccc(Cc2ccccc2)cc1. The number of pyridine rings is 1. The van der Waals surface area contributed by atoms with E-state index in [0.717, 1.165) is 6.42 Å². The molecule has 0 fully saturated rings. The van der Waals surface area contributed by atoms with Gasteiger partial charge in [0.15, 0.2) is 12.4 Å². The van der Waals surface area contributed by atoms with Crippen LogP contribution in [0.4, 0.5) is 5.69 Å². The normalized spacial score (nSPS) is 11.7. The summed E-state index contributed by atoms with van der Waals surface area (Å²) in [5.74, 6) is 0.430. The molecule has 3 aromatic rings. The number of aromatic nitrogens is 1. The number of nitrogens with one attached hydrogen (secondary N) is 1. The van der Waals surface area contributed by atoms with Crippen LogP contribution in [0, 0.1) is 0 Å². The van der Waals surface area contributed by atoms with Crippen LogP contribution in [-0.4, -0.2) is 13.0 Å². The van der Waals surface area contributed by atoms with E-state index in [9.17, 15) is 4.79 Å². The van der Waals surface area contributed by atoms with Crippen molar-refractivity contribution in [3.05, 3.63) is 89.2 Å². The molecule has 5 heteroatoms. The molecule has 27 heavy (non-hydrogen) atoms. The molecule has 1 N–H and O–H groups in total. The third-order valence-electron chi connectivity index (χ3n) is 4.42. The fourth-order valence-electron chi connectivity index (χ4n) is 2.83. The van der Waals surface area contributed by atoms with Crippen LogP contribution in [0.15, 0.2) is 73.1 Å². The zero-order valence-corrected chi connectivity index (χ0v) is 16.1. The first-order valence-corrected chi connectivity index (χ1v) is 9.12. The summed E-state index contributed by atoms with van der Waals surface area (Å²) in [5, 5.41) is 3.42. The summed E-state index contributed by atoms with van der Waals surface area (Å²) >= 11 is 6.03. The van der Waals surface area contributed by atoms with Gasteiger partial charge in [0.25, 0.3) is 5.91 Å². The van der Waals surface area contributed by atoms with Gasteiger partial charge in [0.05, 0.1) is 12.8 Å². The first-order valence-electron chi connectivity index (χ1n) is 8.75. The quantitative estimate of drug-likeness (QED) is 0.642. The molecular weight excluding hydrogens is 360 g/mol. The van der Waals surface area contributed by atoms with Crippen LogP contribution in [0.25, 0.3) is 0 Å². The first kappa shape index (κ1) is 18.9. The molecule has 1 atom stereocenters. The molecular formula is C22H22ClN2O2+. The van der Waals surface area contributed by atoms with E-state index in [1.807, 2.05) is 54.2 Å². The lowest BCUT2D eigenvalue weighted by molar-refractivity contribution is -0.705. The fraction of sp³-hybridized carbons (Fsp3) is 0.182. The van der Waals surface area contributed by atoms with Gasteiger partial charge >= 0.3 is 0 Å². The molecule has 0 unspecified atom stereocenters. The van der Waals surface area contributed by atoms with Crippen LogP contribution in [0.5, 0.6) is 5.75 Å². The smallest absolute Gasteiger partial charge is 0.293 e. The maximum Gasteiger partial charge on any atom is 0.293 e. The minimum Gasteiger partial charge on any atom is -0.495 e. The maximum absolute atomic E-state index is 12.6. The molecule has 0 aliphatic carbocycles. The van der Waals surface area contributed by atoms with Crippen LogP contribution in [0.1, 0.15) is 24.1 Å². The van der Waals surface area contributed by atoms with Crippen molar-refractivity contribution in [1.82, 2.24) is 0 Å². The largest absolute Gasteiger partial charge is 0.495 e. The molecule has 0 bridgehead atoms. The molecule has 0 saturated heterocycles. The number of carbonyl (C=O) groups is 1. The molecule has 0 radical (unpaired) electrons. The Morgan fingerprint density at radius 3 is 2.41 bits per heavy atom. The highest BCUT2D eigenvalue weighted by molar-refractivity contribution is 6.31. The van der Waals surface area contributed by atoms with Gasteiger partial charge in [0, 0.05) is 24.1 Å². The topological polar surface area (TPSA) is 42.2 Å². The number of carbonyl (C=O) groups excluding carboxylic acids is 1. The highest BCUT2D eigenvalue weighted by Gasteiger charge is 2.23. The van der Waals surface area contributed by atoms with E-state index >= 15 is 0 Å². The van der Waals surface area contributed by atoms with Gasteiger partial charge in [-0.15, -0.1) is 0 Å². The molecule has 0 aliphatic rings. The van der Waals surface area contributed by atoms with Crippen LogP contribution in [-0.2, 0) is 11.2 Å². The third kappa shape index (κ3) is 4.86. The standard InChI is InChI=1S/C22H21ClN2O2/c1-16(22(26)24-20-15-19(23)8-9-21(20)27-2)25-12-10-18(11-13-25)14-17-6-4-3-5-7-17/h3-13,15-16H,14H2,1-2H3/p+1/t16-/m0/s1. The Morgan fingerprint density at radius 2 is 1.74 bits per heavy atom. The van der Waals surface area contributed by atoms with Gasteiger partial charge in [-0.05, 0) is 35.7 Å². The number of hydrogen-bond donors (Lipinski definition) is 1. The van der Waals surface area contributed by atoms with Crippen LogP contribution < -0.4 is 14.6 Å². The lowest BCUT2D eigenvalue weighted by Gasteiger charge is -2.12. The molecule has 0 aliphatic heterocycles. The molecule has 0 spiro atoms. The zero-order chi connectivity index (χ0) is 19.2. The average molecular weight is 382 g/mol. The number of ether oxygens (including phenoxy) is 1. The summed E-state index contributed by atoms with van der Waals surface area (Å²) in [5.41, 5.74) is 3.01. The van der Waals surface area contributed by atoms with Crippen molar-refractivity contribution in [2.24, 2.45) is 0 Å². The van der Waals surface area contributed by atoms with E-state index in [2.05, 4.69) is 17.4 Å². The molecule has 4 nitrogen and oxygen atoms in total. The fourth-order valence-corrected chi connectivity index (χ4v) is 3.00. The van der Waals surface area contributed by atoms with Crippen molar-refractivity contribution in [2.45, 2.75) is 19.4 Å². The predicted molar refractivity (Wildman–Crippen MR) is 107 cm³/mol. The van der Waals surface area contributed by atoms with Gasteiger partial charge in [0.2, 0.25) is 6.04 Å². The van der Waals surface area contributed by atoms with E-state index in [4.69, 9.17) is 16.3 Å². The second-order valence-corrected chi connectivity index (χ2v) is 6.76. The van der Waals surface area contributed by atoms with E-state index in [1.54, 1.807) is 25.3 Å². The van der Waals surface area contributed by atoms with Crippen molar-refractivity contribution >= 4 is 23.2 Å². The Morgan fingerprint density at radius 1 is 1.07 bits per heavy atom. The Bertz CT molecular complexity index is 911. The van der Waals surface area contributed by atoms with Crippen LogP contribution in [0.3, 0.4) is 0 Å². The number of methoxy groups -OCH3 is 1. The van der Waals surface area contributed by atoms with E-state index in [1.165, 1.54) is 11.1 Å². The van der Waals surface area contributed by atoms with Gasteiger partial charge in [-0.2, -0.15) is 4.57 Å². The highest BCUT2D eigenvalue weighted by atomic mass is 35.5. The molecule has 1 aromatic heterocycles. The number of hydrogen-bond acceptors (Lipinski definition) is 2. The molecule has 2 aromatic carbocycles. The monoisotopic (exact) mass is 381 g/mol. The highest BCUT2D eigenvalue weighted by Crippen LogP contribution is 2.28. The molecule has 1 heterocycles. The molecule has 0 saturated carbocycles. The summed E-state index contributed by atoms with van der Waals surface area (Å²) in [6.07, 6.45) is 4.72. The molecule has 1 amide bonds. The van der Waals surface area contributed by atoms with Gasteiger partial charge in [-0.25, -0.2) is 0 Å². The van der Waals surface area contributed by atoms with E-state index < -0.39 is 0 Å². The molecule has 3 rings (SSSR count). The summed E-state index contributed by atoms with van der Waals surface area (Å²) in [4.78, 5) is 12.6. The third-order valence-corrected chi connectivity index (χ3v) is 4.65. The number of halogens is 1. The second-order valence-electron chi connectivity index (χ2n) is 6.33. The second kappa shape index (κ2) is 8.69. The molecule has 138 valence electrons. The van der Waals surface area contributed by atoms with Gasteiger partial charge in [0.1, 0.15) is 5.75 Å². The van der Waals surface area contributed by atoms with Crippen molar-refractivity contribution in [1.29, 1.82) is 0 Å². The Labute approximate surface area is 164 Å². The van der Waals surface area contributed by atoms with Crippen molar-refractivity contribution in [3.8, 4) is 5.75 Å². The van der Waals surface area contributed by atoms with Crippen LogP contribution in [0.2, 0.25) is 5.02 Å². The Hall–Kier alpha value is -2.85.